The highest BCUT2D eigenvalue weighted by Gasteiger charge is 2.11. The second-order valence-electron chi connectivity index (χ2n) is 3.40. The van der Waals surface area contributed by atoms with Gasteiger partial charge in [0.2, 0.25) is 0 Å². The van der Waals surface area contributed by atoms with Gasteiger partial charge in [0.05, 0.1) is 16.1 Å². The Bertz CT molecular complexity index is 531. The van der Waals surface area contributed by atoms with Gasteiger partial charge < -0.3 is 5.11 Å². The van der Waals surface area contributed by atoms with E-state index >= 15 is 0 Å². The SMILES string of the molecule is Cc1csc2c(Cl)c(CC(=O)O)ccc12. The quantitative estimate of drug-likeness (QED) is 0.873. The fourth-order valence-electron chi connectivity index (χ4n) is 1.53. The van der Waals surface area contributed by atoms with Gasteiger partial charge in [0.1, 0.15) is 0 Å². The topological polar surface area (TPSA) is 37.3 Å². The molecule has 1 heterocycles. The van der Waals surface area contributed by atoms with Crippen molar-refractivity contribution < 1.29 is 9.90 Å². The molecule has 0 bridgehead atoms. The Morgan fingerprint density at radius 2 is 2.27 bits per heavy atom. The molecule has 0 unspecified atom stereocenters. The van der Waals surface area contributed by atoms with Crippen molar-refractivity contribution in [2.75, 3.05) is 0 Å². The van der Waals surface area contributed by atoms with Crippen LogP contribution < -0.4 is 0 Å². The Hall–Kier alpha value is -1.06. The van der Waals surface area contributed by atoms with Crippen LogP contribution in [0.2, 0.25) is 5.02 Å². The van der Waals surface area contributed by atoms with Crippen molar-refractivity contribution in [1.29, 1.82) is 0 Å². The lowest BCUT2D eigenvalue weighted by Crippen LogP contribution is -2.00. The van der Waals surface area contributed by atoms with Crippen molar-refractivity contribution >= 4 is 39.0 Å². The summed E-state index contributed by atoms with van der Waals surface area (Å²) in [6.45, 7) is 2.02. The van der Waals surface area contributed by atoms with E-state index in [0.29, 0.717) is 10.6 Å². The van der Waals surface area contributed by atoms with E-state index < -0.39 is 5.97 Å². The monoisotopic (exact) mass is 240 g/mol. The fourth-order valence-corrected chi connectivity index (χ4v) is 2.91. The molecule has 15 heavy (non-hydrogen) atoms. The molecule has 0 aliphatic heterocycles. The minimum absolute atomic E-state index is 0.0221. The van der Waals surface area contributed by atoms with Gasteiger partial charge in [-0.15, -0.1) is 11.3 Å². The third-order valence-electron chi connectivity index (χ3n) is 2.30. The summed E-state index contributed by atoms with van der Waals surface area (Å²) >= 11 is 7.70. The Balaban J connectivity index is 2.60. The van der Waals surface area contributed by atoms with Crippen LogP contribution in [0.5, 0.6) is 0 Å². The summed E-state index contributed by atoms with van der Waals surface area (Å²) in [4.78, 5) is 10.6. The Kier molecular flexibility index (Phi) is 2.67. The second-order valence-corrected chi connectivity index (χ2v) is 4.66. The van der Waals surface area contributed by atoms with Crippen LogP contribution in [0.25, 0.3) is 10.1 Å². The molecule has 2 rings (SSSR count). The fraction of sp³-hybridized carbons (Fsp3) is 0.182. The van der Waals surface area contributed by atoms with E-state index in [1.54, 1.807) is 17.4 Å². The molecule has 1 aromatic heterocycles. The van der Waals surface area contributed by atoms with Crippen molar-refractivity contribution in [3.05, 3.63) is 33.7 Å². The maximum atomic E-state index is 10.6. The van der Waals surface area contributed by atoms with Gasteiger partial charge in [-0.25, -0.2) is 0 Å². The summed E-state index contributed by atoms with van der Waals surface area (Å²) < 4.78 is 0.980. The summed E-state index contributed by atoms with van der Waals surface area (Å²) in [6, 6.07) is 3.73. The average molecular weight is 241 g/mol. The van der Waals surface area contributed by atoms with Crippen LogP contribution in [-0.4, -0.2) is 11.1 Å². The molecule has 0 spiro atoms. The van der Waals surface area contributed by atoms with Crippen molar-refractivity contribution in [3.8, 4) is 0 Å². The van der Waals surface area contributed by atoms with Crippen molar-refractivity contribution in [2.24, 2.45) is 0 Å². The van der Waals surface area contributed by atoms with E-state index in [4.69, 9.17) is 16.7 Å². The van der Waals surface area contributed by atoms with Gasteiger partial charge >= 0.3 is 5.97 Å². The molecule has 2 nitrogen and oxygen atoms in total. The van der Waals surface area contributed by atoms with Gasteiger partial charge in [-0.1, -0.05) is 23.7 Å². The molecule has 0 fully saturated rings. The lowest BCUT2D eigenvalue weighted by atomic mass is 10.1. The molecule has 1 aromatic carbocycles. The molecular weight excluding hydrogens is 232 g/mol. The number of carboxylic acid groups (broad SMARTS) is 1. The van der Waals surface area contributed by atoms with Gasteiger partial charge in [0.15, 0.2) is 0 Å². The van der Waals surface area contributed by atoms with Crippen LogP contribution in [0.3, 0.4) is 0 Å². The van der Waals surface area contributed by atoms with Crippen LogP contribution in [0.15, 0.2) is 17.5 Å². The van der Waals surface area contributed by atoms with Crippen molar-refractivity contribution in [1.82, 2.24) is 0 Å². The average Bonchev–Trinajstić information content (AvgIpc) is 2.53. The molecular formula is C11H9ClO2S. The molecule has 0 aliphatic rings. The number of rotatable bonds is 2. The molecule has 1 N–H and O–H groups in total. The smallest absolute Gasteiger partial charge is 0.307 e. The molecule has 4 heteroatoms. The molecule has 78 valence electrons. The summed E-state index contributed by atoms with van der Waals surface area (Å²) in [6.07, 6.45) is -0.0221. The molecule has 0 atom stereocenters. The number of hydrogen-bond donors (Lipinski definition) is 1. The van der Waals surface area contributed by atoms with Crippen LogP contribution in [-0.2, 0) is 11.2 Å². The first kappa shape index (κ1) is 10.5. The first-order valence-electron chi connectivity index (χ1n) is 4.46. The van der Waals surface area contributed by atoms with Crippen LogP contribution in [0.4, 0.5) is 0 Å². The van der Waals surface area contributed by atoms with E-state index in [1.165, 1.54) is 5.56 Å². The number of aliphatic carboxylic acids is 1. The molecule has 0 radical (unpaired) electrons. The van der Waals surface area contributed by atoms with E-state index in [1.807, 2.05) is 18.4 Å². The Labute approximate surface area is 96.1 Å². The summed E-state index contributed by atoms with van der Waals surface area (Å²) in [5.41, 5.74) is 1.86. The van der Waals surface area contributed by atoms with Gasteiger partial charge in [0, 0.05) is 0 Å². The number of carboxylic acids is 1. The maximum absolute atomic E-state index is 10.6. The molecule has 0 saturated heterocycles. The molecule has 2 aromatic rings. The van der Waals surface area contributed by atoms with Crippen molar-refractivity contribution in [2.45, 2.75) is 13.3 Å². The largest absolute Gasteiger partial charge is 0.481 e. The lowest BCUT2D eigenvalue weighted by molar-refractivity contribution is -0.136. The third-order valence-corrected chi connectivity index (χ3v) is 3.97. The van der Waals surface area contributed by atoms with E-state index in [-0.39, 0.29) is 6.42 Å². The molecule has 0 aliphatic carbocycles. The van der Waals surface area contributed by atoms with E-state index in [9.17, 15) is 4.79 Å². The number of aryl methyl sites for hydroxylation is 1. The minimum Gasteiger partial charge on any atom is -0.481 e. The first-order valence-corrected chi connectivity index (χ1v) is 5.72. The standard InChI is InChI=1S/C11H9ClO2S/c1-6-5-15-11-8(6)3-2-7(10(11)12)4-9(13)14/h2-3,5H,4H2,1H3,(H,13,14). The first-order chi connectivity index (χ1) is 7.09. The van der Waals surface area contributed by atoms with E-state index in [2.05, 4.69) is 0 Å². The lowest BCUT2D eigenvalue weighted by Gasteiger charge is -2.02. The summed E-state index contributed by atoms with van der Waals surface area (Å²) in [7, 11) is 0. The van der Waals surface area contributed by atoms with Gasteiger partial charge in [-0.3, -0.25) is 4.79 Å². The predicted molar refractivity (Wildman–Crippen MR) is 62.9 cm³/mol. The number of halogens is 1. The van der Waals surface area contributed by atoms with Crippen LogP contribution in [0, 0.1) is 6.92 Å². The number of carbonyl (C=O) groups is 1. The zero-order chi connectivity index (χ0) is 11.0. The summed E-state index contributed by atoms with van der Waals surface area (Å²) in [5.74, 6) is -0.857. The zero-order valence-corrected chi connectivity index (χ0v) is 9.65. The minimum atomic E-state index is -0.857. The number of thiophene rings is 1. The van der Waals surface area contributed by atoms with Crippen LogP contribution >= 0.6 is 22.9 Å². The molecule has 0 amide bonds. The number of benzene rings is 1. The van der Waals surface area contributed by atoms with Gasteiger partial charge in [-0.2, -0.15) is 0 Å². The Morgan fingerprint density at radius 3 is 2.93 bits per heavy atom. The second kappa shape index (κ2) is 3.83. The number of fused-ring (bicyclic) bond motifs is 1. The maximum Gasteiger partial charge on any atom is 0.307 e. The predicted octanol–water partition coefficient (Wildman–Crippen LogP) is 3.49. The van der Waals surface area contributed by atoms with Crippen LogP contribution in [0.1, 0.15) is 11.1 Å². The Morgan fingerprint density at radius 1 is 1.53 bits per heavy atom. The van der Waals surface area contributed by atoms with Crippen molar-refractivity contribution in [3.63, 3.8) is 0 Å². The van der Waals surface area contributed by atoms with Gasteiger partial charge in [-0.05, 0) is 28.8 Å². The summed E-state index contributed by atoms with van der Waals surface area (Å²) in [5, 5.41) is 12.4. The highest BCUT2D eigenvalue weighted by molar-refractivity contribution is 7.18. The zero-order valence-electron chi connectivity index (χ0n) is 8.08. The van der Waals surface area contributed by atoms with Gasteiger partial charge in [0.25, 0.3) is 0 Å². The third kappa shape index (κ3) is 1.85. The highest BCUT2D eigenvalue weighted by Crippen LogP contribution is 2.34. The highest BCUT2D eigenvalue weighted by atomic mass is 35.5. The van der Waals surface area contributed by atoms with E-state index in [0.717, 1.165) is 10.1 Å². The number of hydrogen-bond acceptors (Lipinski definition) is 2. The molecule has 0 saturated carbocycles. The normalized spacial score (nSPS) is 10.8.